The van der Waals surface area contributed by atoms with Gasteiger partial charge in [0.15, 0.2) is 0 Å². The molecule has 0 aliphatic carbocycles. The number of nitrogens with one attached hydrogen (secondary N) is 1. The number of hydrogen-bond donors (Lipinski definition) is 1. The van der Waals surface area contributed by atoms with Gasteiger partial charge in [0.1, 0.15) is 11.5 Å². The summed E-state index contributed by atoms with van der Waals surface area (Å²) in [6.45, 7) is 3.39. The average molecular weight is 295 g/mol. The summed E-state index contributed by atoms with van der Waals surface area (Å²) in [5.41, 5.74) is 0.400. The Balaban J connectivity index is 2.14. The molecule has 1 N–H and O–H groups in total. The third-order valence-corrected chi connectivity index (χ3v) is 3.09. The molecule has 0 fully saturated rings. The van der Waals surface area contributed by atoms with Gasteiger partial charge in [0.2, 0.25) is 0 Å². The van der Waals surface area contributed by atoms with Crippen LogP contribution in [0.15, 0.2) is 30.6 Å². The van der Waals surface area contributed by atoms with Crippen LogP contribution in [0.4, 0.5) is 11.4 Å². The number of nitro groups is 1. The van der Waals surface area contributed by atoms with Crippen molar-refractivity contribution in [2.75, 3.05) is 5.32 Å². The number of halogens is 1. The molecule has 2 rings (SSSR count). The highest BCUT2D eigenvalue weighted by atomic mass is 35.5. The number of anilines is 1. The molecule has 0 saturated heterocycles. The van der Waals surface area contributed by atoms with Gasteiger partial charge in [-0.15, -0.1) is 0 Å². The van der Waals surface area contributed by atoms with Crippen molar-refractivity contribution < 1.29 is 4.92 Å². The molecule has 1 aromatic carbocycles. The zero-order valence-corrected chi connectivity index (χ0v) is 11.8. The van der Waals surface area contributed by atoms with Crippen LogP contribution in [0.25, 0.3) is 0 Å². The molecular formula is C13H15ClN4O2. The molecule has 0 unspecified atom stereocenters. The highest BCUT2D eigenvalue weighted by molar-refractivity contribution is 6.30. The fourth-order valence-electron chi connectivity index (χ4n) is 1.93. The maximum Gasteiger partial charge on any atom is 0.293 e. The minimum absolute atomic E-state index is 0.0360. The number of rotatable bonds is 6. The number of aromatic nitrogens is 2. The molecular weight excluding hydrogens is 280 g/mol. The number of benzene rings is 1. The van der Waals surface area contributed by atoms with Gasteiger partial charge in [-0.25, -0.2) is 4.98 Å². The van der Waals surface area contributed by atoms with Crippen molar-refractivity contribution in [3.05, 3.63) is 51.6 Å². The zero-order chi connectivity index (χ0) is 14.5. The molecule has 0 amide bonds. The Morgan fingerprint density at radius 2 is 2.30 bits per heavy atom. The van der Waals surface area contributed by atoms with Crippen LogP contribution < -0.4 is 5.32 Å². The van der Waals surface area contributed by atoms with Crippen LogP contribution in [-0.4, -0.2) is 14.5 Å². The van der Waals surface area contributed by atoms with Crippen LogP contribution >= 0.6 is 11.6 Å². The van der Waals surface area contributed by atoms with Crippen molar-refractivity contribution in [2.24, 2.45) is 0 Å². The van der Waals surface area contributed by atoms with E-state index in [0.717, 1.165) is 18.8 Å². The quantitative estimate of drug-likeness (QED) is 0.654. The lowest BCUT2D eigenvalue weighted by molar-refractivity contribution is -0.383. The lowest BCUT2D eigenvalue weighted by Gasteiger charge is -2.09. The predicted molar refractivity (Wildman–Crippen MR) is 78.0 cm³/mol. The van der Waals surface area contributed by atoms with Gasteiger partial charge in [0.05, 0.1) is 11.5 Å². The Bertz CT molecular complexity index is 612. The van der Waals surface area contributed by atoms with E-state index in [4.69, 9.17) is 11.6 Å². The van der Waals surface area contributed by atoms with Crippen LogP contribution in [0.1, 0.15) is 19.2 Å². The van der Waals surface area contributed by atoms with E-state index in [1.54, 1.807) is 18.3 Å². The van der Waals surface area contributed by atoms with Crippen LogP contribution in [0.3, 0.4) is 0 Å². The largest absolute Gasteiger partial charge is 0.372 e. The molecule has 0 aliphatic rings. The SMILES string of the molecule is CCCn1ccnc1CNc1ccc(Cl)cc1[N+](=O)[O-]. The molecule has 20 heavy (non-hydrogen) atoms. The van der Waals surface area contributed by atoms with Gasteiger partial charge in [-0.1, -0.05) is 18.5 Å². The fraction of sp³-hybridized carbons (Fsp3) is 0.308. The van der Waals surface area contributed by atoms with Crippen molar-refractivity contribution in [2.45, 2.75) is 26.4 Å². The lowest BCUT2D eigenvalue weighted by Crippen LogP contribution is -2.09. The lowest BCUT2D eigenvalue weighted by atomic mass is 10.2. The average Bonchev–Trinajstić information content (AvgIpc) is 2.85. The maximum atomic E-state index is 11.0. The molecule has 1 heterocycles. The summed E-state index contributed by atoms with van der Waals surface area (Å²) >= 11 is 5.78. The third kappa shape index (κ3) is 3.27. The second kappa shape index (κ2) is 6.38. The number of aryl methyl sites for hydroxylation is 1. The second-order valence-electron chi connectivity index (χ2n) is 4.31. The molecule has 6 nitrogen and oxygen atoms in total. The first-order valence-corrected chi connectivity index (χ1v) is 6.67. The van der Waals surface area contributed by atoms with Gasteiger partial charge in [-0.05, 0) is 18.6 Å². The Hall–Kier alpha value is -2.08. The van der Waals surface area contributed by atoms with E-state index < -0.39 is 4.92 Å². The first-order valence-electron chi connectivity index (χ1n) is 6.29. The highest BCUT2D eigenvalue weighted by Crippen LogP contribution is 2.27. The van der Waals surface area contributed by atoms with Gasteiger partial charge in [-0.2, -0.15) is 0 Å². The number of nitrogens with zero attached hydrogens (tertiary/aromatic N) is 3. The van der Waals surface area contributed by atoms with E-state index in [-0.39, 0.29) is 5.69 Å². The summed E-state index contributed by atoms with van der Waals surface area (Å²) in [7, 11) is 0. The van der Waals surface area contributed by atoms with Crippen LogP contribution in [0, 0.1) is 10.1 Å². The van der Waals surface area contributed by atoms with E-state index in [9.17, 15) is 10.1 Å². The third-order valence-electron chi connectivity index (χ3n) is 2.86. The molecule has 0 spiro atoms. The molecule has 2 aromatic rings. The van der Waals surface area contributed by atoms with Gasteiger partial charge < -0.3 is 9.88 Å². The highest BCUT2D eigenvalue weighted by Gasteiger charge is 2.14. The molecule has 0 aliphatic heterocycles. The first kappa shape index (κ1) is 14.3. The molecule has 0 saturated carbocycles. The summed E-state index contributed by atoms with van der Waals surface area (Å²) in [4.78, 5) is 14.8. The molecule has 0 radical (unpaired) electrons. The summed E-state index contributed by atoms with van der Waals surface area (Å²) < 4.78 is 2.02. The normalized spacial score (nSPS) is 10.5. The minimum Gasteiger partial charge on any atom is -0.372 e. The van der Waals surface area contributed by atoms with E-state index in [1.165, 1.54) is 6.07 Å². The van der Waals surface area contributed by atoms with E-state index in [2.05, 4.69) is 17.2 Å². The minimum atomic E-state index is -0.452. The smallest absolute Gasteiger partial charge is 0.293 e. The second-order valence-corrected chi connectivity index (χ2v) is 4.75. The van der Waals surface area contributed by atoms with Gasteiger partial charge in [0.25, 0.3) is 5.69 Å². The molecule has 0 bridgehead atoms. The number of imidazole rings is 1. The van der Waals surface area contributed by atoms with Crippen LogP contribution in [0.5, 0.6) is 0 Å². The molecule has 0 atom stereocenters. The van der Waals surface area contributed by atoms with Gasteiger partial charge >= 0.3 is 0 Å². The predicted octanol–water partition coefficient (Wildman–Crippen LogP) is 3.47. The molecule has 1 aromatic heterocycles. The Kier molecular flexibility index (Phi) is 4.57. The van der Waals surface area contributed by atoms with Gasteiger partial charge in [-0.3, -0.25) is 10.1 Å². The molecule has 106 valence electrons. The number of hydrogen-bond acceptors (Lipinski definition) is 4. The van der Waals surface area contributed by atoms with Crippen LogP contribution in [-0.2, 0) is 13.1 Å². The topological polar surface area (TPSA) is 73.0 Å². The maximum absolute atomic E-state index is 11.0. The van der Waals surface area contributed by atoms with Crippen molar-refractivity contribution in [3.63, 3.8) is 0 Å². The fourth-order valence-corrected chi connectivity index (χ4v) is 2.10. The van der Waals surface area contributed by atoms with E-state index in [0.29, 0.717) is 17.3 Å². The van der Waals surface area contributed by atoms with Gasteiger partial charge in [0, 0.05) is 30.0 Å². The number of nitro benzene ring substituents is 1. The van der Waals surface area contributed by atoms with E-state index >= 15 is 0 Å². The summed E-state index contributed by atoms with van der Waals surface area (Å²) in [5.74, 6) is 0.844. The first-order chi connectivity index (χ1) is 9.61. The summed E-state index contributed by atoms with van der Waals surface area (Å²) in [5, 5.41) is 14.4. The van der Waals surface area contributed by atoms with Crippen molar-refractivity contribution >= 4 is 23.0 Å². The van der Waals surface area contributed by atoms with Crippen molar-refractivity contribution in [1.29, 1.82) is 0 Å². The Labute approximate surface area is 121 Å². The summed E-state index contributed by atoms with van der Waals surface area (Å²) in [6.07, 6.45) is 4.63. The Morgan fingerprint density at radius 3 is 3.00 bits per heavy atom. The van der Waals surface area contributed by atoms with Crippen molar-refractivity contribution in [3.8, 4) is 0 Å². The Morgan fingerprint density at radius 1 is 1.50 bits per heavy atom. The monoisotopic (exact) mass is 294 g/mol. The van der Waals surface area contributed by atoms with E-state index in [1.807, 2.05) is 10.8 Å². The summed E-state index contributed by atoms with van der Waals surface area (Å²) in [6, 6.07) is 4.56. The molecule has 7 heteroatoms. The van der Waals surface area contributed by atoms with Crippen molar-refractivity contribution in [1.82, 2.24) is 9.55 Å². The zero-order valence-electron chi connectivity index (χ0n) is 11.0. The van der Waals surface area contributed by atoms with Crippen LogP contribution in [0.2, 0.25) is 5.02 Å². The standard InChI is InChI=1S/C13H15ClN4O2/c1-2-6-17-7-5-15-13(17)9-16-11-4-3-10(14)8-12(11)18(19)20/h3-5,7-8,16H,2,6,9H2,1H3.